The fraction of sp³-hybridized carbons (Fsp3) is 0.500. The molecule has 1 heterocycles. The van der Waals surface area contributed by atoms with E-state index in [9.17, 15) is 9.59 Å². The van der Waals surface area contributed by atoms with Crippen molar-refractivity contribution in [1.29, 1.82) is 0 Å². The van der Waals surface area contributed by atoms with Crippen LogP contribution in [-0.2, 0) is 11.3 Å². The number of hydrogen-bond acceptors (Lipinski definition) is 5. The number of carbonyl (C=O) groups excluding carboxylic acids is 2. The Balaban J connectivity index is 1.59. The summed E-state index contributed by atoms with van der Waals surface area (Å²) in [4.78, 5) is 24.5. The lowest BCUT2D eigenvalue weighted by atomic mass is 9.96. The van der Waals surface area contributed by atoms with Gasteiger partial charge in [-0.3, -0.25) is 10.1 Å². The van der Waals surface area contributed by atoms with Gasteiger partial charge in [-0.2, -0.15) is 0 Å². The van der Waals surface area contributed by atoms with Crippen molar-refractivity contribution in [2.24, 2.45) is 0 Å². The third kappa shape index (κ3) is 5.13. The quantitative estimate of drug-likeness (QED) is 0.722. The molecule has 1 aromatic heterocycles. The summed E-state index contributed by atoms with van der Waals surface area (Å²) in [5.41, 5.74) is 0.979. The average molecular weight is 402 g/mol. The lowest BCUT2D eigenvalue weighted by Gasteiger charge is -2.23. The van der Waals surface area contributed by atoms with Gasteiger partial charge in [0.05, 0.1) is 5.25 Å². The molecule has 0 radical (unpaired) electrons. The summed E-state index contributed by atoms with van der Waals surface area (Å²) in [5.74, 6) is 0.443. The van der Waals surface area contributed by atoms with Gasteiger partial charge in [0.15, 0.2) is 11.0 Å². The third-order valence-electron chi connectivity index (χ3n) is 4.89. The summed E-state index contributed by atoms with van der Waals surface area (Å²) in [6.45, 7) is 4.48. The van der Waals surface area contributed by atoms with E-state index < -0.39 is 11.3 Å². The Hall–Kier alpha value is -2.35. The Labute approximate surface area is 169 Å². The molecule has 3 amide bonds. The Morgan fingerprint density at radius 1 is 1.18 bits per heavy atom. The molecular weight excluding hydrogens is 374 g/mol. The van der Waals surface area contributed by atoms with Crippen LogP contribution in [0.1, 0.15) is 46.0 Å². The maximum atomic E-state index is 12.4. The van der Waals surface area contributed by atoms with Gasteiger partial charge in [0, 0.05) is 18.2 Å². The number of hydrogen-bond donors (Lipinski definition) is 2. The van der Waals surface area contributed by atoms with Crippen LogP contribution in [0.2, 0.25) is 0 Å². The molecule has 0 saturated heterocycles. The molecule has 1 unspecified atom stereocenters. The lowest BCUT2D eigenvalue weighted by molar-refractivity contribution is -0.119. The Bertz CT molecular complexity index is 802. The molecule has 1 saturated carbocycles. The van der Waals surface area contributed by atoms with Gasteiger partial charge in [-0.05, 0) is 26.7 Å². The van der Waals surface area contributed by atoms with Crippen molar-refractivity contribution < 1.29 is 9.59 Å². The highest BCUT2D eigenvalue weighted by Gasteiger charge is 2.23. The number of thioether (sulfide) groups is 1. The lowest BCUT2D eigenvalue weighted by Crippen LogP contribution is -2.47. The number of aromatic nitrogens is 3. The number of urea groups is 1. The molecule has 2 N–H and O–H groups in total. The van der Waals surface area contributed by atoms with Crippen molar-refractivity contribution in [2.45, 2.75) is 68.9 Å². The Morgan fingerprint density at radius 3 is 2.57 bits per heavy atom. The molecule has 0 aliphatic heterocycles. The second kappa shape index (κ2) is 9.73. The van der Waals surface area contributed by atoms with Crippen LogP contribution in [0.25, 0.3) is 11.4 Å². The molecule has 1 atom stereocenters. The van der Waals surface area contributed by atoms with Gasteiger partial charge in [0.2, 0.25) is 5.91 Å². The molecule has 1 aliphatic carbocycles. The number of nitrogens with zero attached hydrogens (tertiary/aromatic N) is 3. The van der Waals surface area contributed by atoms with Gasteiger partial charge in [-0.15, -0.1) is 10.2 Å². The van der Waals surface area contributed by atoms with Gasteiger partial charge >= 0.3 is 6.03 Å². The van der Waals surface area contributed by atoms with Crippen molar-refractivity contribution >= 4 is 23.7 Å². The number of imide groups is 1. The summed E-state index contributed by atoms with van der Waals surface area (Å²) in [6, 6.07) is 9.59. The van der Waals surface area contributed by atoms with Crippen molar-refractivity contribution in [3.63, 3.8) is 0 Å². The molecule has 2 aromatic rings. The SMILES string of the molecule is CCn1c(SC(C)C(=O)NC(=O)NC2CCCCC2)nnc1-c1ccccc1. The van der Waals surface area contributed by atoms with Gasteiger partial charge in [0.25, 0.3) is 0 Å². The molecule has 7 nitrogen and oxygen atoms in total. The standard InChI is InChI=1S/C20H27N5O2S/c1-3-25-17(15-10-6-4-7-11-15)23-24-20(25)28-14(2)18(26)22-19(27)21-16-12-8-5-9-13-16/h4,6-7,10-11,14,16H,3,5,8-9,12-13H2,1-2H3,(H2,21,22,26,27). The minimum absolute atomic E-state index is 0.168. The van der Waals surface area contributed by atoms with Crippen molar-refractivity contribution in [1.82, 2.24) is 25.4 Å². The van der Waals surface area contributed by atoms with Crippen LogP contribution in [0.3, 0.4) is 0 Å². The van der Waals surface area contributed by atoms with E-state index in [1.807, 2.05) is 41.8 Å². The summed E-state index contributed by atoms with van der Waals surface area (Å²) < 4.78 is 1.98. The van der Waals surface area contributed by atoms with Crippen molar-refractivity contribution in [3.05, 3.63) is 30.3 Å². The van der Waals surface area contributed by atoms with Gasteiger partial charge < -0.3 is 9.88 Å². The maximum absolute atomic E-state index is 12.4. The minimum atomic E-state index is -0.463. The molecule has 0 spiro atoms. The van der Waals surface area contributed by atoms with Crippen LogP contribution in [0.5, 0.6) is 0 Å². The number of carbonyl (C=O) groups is 2. The summed E-state index contributed by atoms with van der Waals surface area (Å²) >= 11 is 1.30. The molecule has 3 rings (SSSR count). The van der Waals surface area contributed by atoms with Gasteiger partial charge in [-0.25, -0.2) is 4.79 Å². The zero-order valence-corrected chi connectivity index (χ0v) is 17.2. The molecule has 150 valence electrons. The van der Waals surface area contributed by atoms with E-state index in [0.717, 1.165) is 37.1 Å². The van der Waals surface area contributed by atoms with E-state index in [4.69, 9.17) is 0 Å². The van der Waals surface area contributed by atoms with E-state index in [1.165, 1.54) is 18.2 Å². The maximum Gasteiger partial charge on any atom is 0.321 e. The second-order valence-corrected chi connectivity index (χ2v) is 8.28. The minimum Gasteiger partial charge on any atom is -0.335 e. The highest BCUT2D eigenvalue weighted by Crippen LogP contribution is 2.26. The molecule has 1 aliphatic rings. The fourth-order valence-electron chi connectivity index (χ4n) is 3.36. The summed E-state index contributed by atoms with van der Waals surface area (Å²) in [6.07, 6.45) is 5.43. The van der Waals surface area contributed by atoms with Gasteiger partial charge in [0.1, 0.15) is 0 Å². The summed E-state index contributed by atoms with van der Waals surface area (Å²) in [5, 5.41) is 14.1. The van der Waals surface area contributed by atoms with Crippen LogP contribution >= 0.6 is 11.8 Å². The molecular formula is C20H27N5O2S. The Kier molecular flexibility index (Phi) is 7.08. The highest BCUT2D eigenvalue weighted by atomic mass is 32.2. The Morgan fingerprint density at radius 2 is 1.89 bits per heavy atom. The third-order valence-corrected chi connectivity index (χ3v) is 5.97. The predicted molar refractivity (Wildman–Crippen MR) is 110 cm³/mol. The number of amides is 3. The second-order valence-electron chi connectivity index (χ2n) is 6.97. The van der Waals surface area contributed by atoms with E-state index in [1.54, 1.807) is 6.92 Å². The highest BCUT2D eigenvalue weighted by molar-refractivity contribution is 8.00. The summed E-state index contributed by atoms with van der Waals surface area (Å²) in [7, 11) is 0. The van der Waals surface area contributed by atoms with Crippen LogP contribution < -0.4 is 10.6 Å². The molecule has 0 bridgehead atoms. The molecule has 8 heteroatoms. The first-order chi connectivity index (χ1) is 13.6. The molecule has 1 aromatic carbocycles. The van der Waals surface area contributed by atoms with E-state index in [0.29, 0.717) is 11.7 Å². The number of nitrogens with one attached hydrogen (secondary N) is 2. The monoisotopic (exact) mass is 401 g/mol. The van der Waals surface area contributed by atoms with Crippen LogP contribution in [0, 0.1) is 0 Å². The van der Waals surface area contributed by atoms with E-state index in [2.05, 4.69) is 20.8 Å². The first-order valence-electron chi connectivity index (χ1n) is 9.85. The zero-order chi connectivity index (χ0) is 19.9. The normalized spacial score (nSPS) is 15.8. The van der Waals surface area contributed by atoms with Crippen LogP contribution in [0.15, 0.2) is 35.5 Å². The van der Waals surface area contributed by atoms with Gasteiger partial charge in [-0.1, -0.05) is 61.4 Å². The van der Waals surface area contributed by atoms with Crippen LogP contribution in [-0.4, -0.2) is 38.0 Å². The average Bonchev–Trinajstić information content (AvgIpc) is 3.11. The largest absolute Gasteiger partial charge is 0.335 e. The van der Waals surface area contributed by atoms with E-state index in [-0.39, 0.29) is 11.9 Å². The van der Waals surface area contributed by atoms with E-state index >= 15 is 0 Å². The fourth-order valence-corrected chi connectivity index (χ4v) is 4.27. The van der Waals surface area contributed by atoms with Crippen molar-refractivity contribution in [2.75, 3.05) is 0 Å². The number of benzene rings is 1. The first-order valence-corrected chi connectivity index (χ1v) is 10.7. The van der Waals surface area contributed by atoms with Crippen LogP contribution in [0.4, 0.5) is 4.79 Å². The molecule has 1 fully saturated rings. The molecule has 28 heavy (non-hydrogen) atoms. The first kappa shape index (κ1) is 20.4. The zero-order valence-electron chi connectivity index (χ0n) is 16.4. The smallest absolute Gasteiger partial charge is 0.321 e. The number of rotatable bonds is 6. The predicted octanol–water partition coefficient (Wildman–Crippen LogP) is 3.60. The van der Waals surface area contributed by atoms with Crippen molar-refractivity contribution in [3.8, 4) is 11.4 Å². The topological polar surface area (TPSA) is 88.9 Å².